The van der Waals surface area contributed by atoms with E-state index in [-0.39, 0.29) is 11.8 Å². The summed E-state index contributed by atoms with van der Waals surface area (Å²) in [5.41, 5.74) is 0.859. The van der Waals surface area contributed by atoms with Gasteiger partial charge in [-0.2, -0.15) is 0 Å². The van der Waals surface area contributed by atoms with Crippen molar-refractivity contribution in [1.29, 1.82) is 0 Å². The molecule has 146 valence electrons. The summed E-state index contributed by atoms with van der Waals surface area (Å²) in [5.74, 6) is 1.85. The second-order valence-corrected chi connectivity index (χ2v) is 8.51. The molecule has 2 aromatic carbocycles. The lowest BCUT2D eigenvalue weighted by atomic mass is 9.97. The predicted octanol–water partition coefficient (Wildman–Crippen LogP) is 4.38. The zero-order chi connectivity index (χ0) is 19.6. The van der Waals surface area contributed by atoms with Crippen LogP contribution in [-0.2, 0) is 4.79 Å². The number of nitrogens with zero attached hydrogens (tertiary/aromatic N) is 4. The second-order valence-electron chi connectivity index (χ2n) is 7.46. The van der Waals surface area contributed by atoms with Gasteiger partial charge in [-0.3, -0.25) is 9.20 Å². The molecule has 1 atom stereocenters. The van der Waals surface area contributed by atoms with Gasteiger partial charge >= 0.3 is 0 Å². The van der Waals surface area contributed by atoms with E-state index in [0.717, 1.165) is 35.8 Å². The van der Waals surface area contributed by atoms with Crippen molar-refractivity contribution in [3.05, 3.63) is 72.7 Å². The lowest BCUT2D eigenvalue weighted by molar-refractivity contribution is -0.129. The van der Waals surface area contributed by atoms with E-state index in [1.807, 2.05) is 45.8 Å². The third-order valence-electron chi connectivity index (χ3n) is 5.56. The van der Waals surface area contributed by atoms with Crippen LogP contribution in [0.3, 0.4) is 0 Å². The van der Waals surface area contributed by atoms with Gasteiger partial charge in [0.1, 0.15) is 5.82 Å². The number of thioether (sulfide) groups is 1. The first-order valence-corrected chi connectivity index (χ1v) is 11.0. The monoisotopic (exact) mass is 402 g/mol. The summed E-state index contributed by atoms with van der Waals surface area (Å²) in [6, 6.07) is 20.6. The Balaban J connectivity index is 1.26. The largest absolute Gasteiger partial charge is 0.341 e. The number of hydrogen-bond acceptors (Lipinski definition) is 4. The van der Waals surface area contributed by atoms with Crippen LogP contribution in [0.15, 0.2) is 71.8 Å². The molecule has 0 unspecified atom stereocenters. The van der Waals surface area contributed by atoms with E-state index in [9.17, 15) is 4.79 Å². The summed E-state index contributed by atoms with van der Waals surface area (Å²) in [5, 5.41) is 11.1. The van der Waals surface area contributed by atoms with Crippen LogP contribution in [0.5, 0.6) is 0 Å². The van der Waals surface area contributed by atoms with Crippen molar-refractivity contribution in [3.63, 3.8) is 0 Å². The highest BCUT2D eigenvalue weighted by Gasteiger charge is 2.27. The van der Waals surface area contributed by atoms with Gasteiger partial charge in [-0.25, -0.2) is 0 Å². The fourth-order valence-corrected chi connectivity index (χ4v) is 4.89. The number of amides is 1. The third-order valence-corrected chi connectivity index (χ3v) is 6.54. The Kier molecular flexibility index (Phi) is 4.94. The summed E-state index contributed by atoms with van der Waals surface area (Å²) >= 11 is 1.61. The van der Waals surface area contributed by atoms with Crippen LogP contribution in [0.25, 0.3) is 16.4 Å². The molecule has 0 bridgehead atoms. The maximum atomic E-state index is 12.9. The number of fused-ring (bicyclic) bond motifs is 2. The number of likely N-dealkylation sites (tertiary alicyclic amines) is 1. The minimum atomic E-state index is 0.196. The van der Waals surface area contributed by atoms with Crippen LogP contribution in [0.1, 0.15) is 24.6 Å². The van der Waals surface area contributed by atoms with E-state index in [0.29, 0.717) is 12.3 Å². The first-order valence-electron chi connectivity index (χ1n) is 9.97. The lowest BCUT2D eigenvalue weighted by Gasteiger charge is -2.32. The van der Waals surface area contributed by atoms with Crippen LogP contribution in [0, 0.1) is 0 Å². The fraction of sp³-hybridized carbons (Fsp3) is 0.261. The highest BCUT2D eigenvalue weighted by atomic mass is 32.2. The number of hydrogen-bond donors (Lipinski definition) is 0. The van der Waals surface area contributed by atoms with Gasteiger partial charge in [0.2, 0.25) is 5.91 Å². The first kappa shape index (κ1) is 18.2. The molecule has 0 spiro atoms. The number of rotatable bonds is 4. The van der Waals surface area contributed by atoms with Gasteiger partial charge in [-0.1, -0.05) is 36.4 Å². The zero-order valence-corrected chi connectivity index (χ0v) is 16.9. The van der Waals surface area contributed by atoms with Crippen LogP contribution in [0.4, 0.5) is 0 Å². The molecule has 1 fully saturated rings. The molecule has 5 nitrogen and oxygen atoms in total. The molecule has 6 heteroatoms. The molecular weight excluding hydrogens is 380 g/mol. The van der Waals surface area contributed by atoms with Gasteiger partial charge in [0.25, 0.3) is 0 Å². The van der Waals surface area contributed by atoms with Crippen LogP contribution in [0.2, 0.25) is 0 Å². The van der Waals surface area contributed by atoms with E-state index in [2.05, 4.69) is 40.5 Å². The van der Waals surface area contributed by atoms with Crippen molar-refractivity contribution in [2.75, 3.05) is 18.8 Å². The van der Waals surface area contributed by atoms with Crippen molar-refractivity contribution >= 4 is 34.1 Å². The topological polar surface area (TPSA) is 50.5 Å². The van der Waals surface area contributed by atoms with E-state index < -0.39 is 0 Å². The molecular formula is C23H22N4OS. The Bertz CT molecular complexity index is 1170. The zero-order valence-electron chi connectivity index (χ0n) is 16.1. The van der Waals surface area contributed by atoms with Gasteiger partial charge < -0.3 is 4.90 Å². The summed E-state index contributed by atoms with van der Waals surface area (Å²) in [7, 11) is 0. The van der Waals surface area contributed by atoms with Gasteiger partial charge in [0, 0.05) is 30.1 Å². The molecule has 3 heterocycles. The molecule has 5 rings (SSSR count). The Hall–Kier alpha value is -2.86. The average Bonchev–Trinajstić information content (AvgIpc) is 3.21. The Morgan fingerprint density at radius 3 is 2.83 bits per heavy atom. The molecule has 4 aromatic rings. The van der Waals surface area contributed by atoms with E-state index in [1.165, 1.54) is 10.8 Å². The molecule has 1 saturated heterocycles. The van der Waals surface area contributed by atoms with Crippen molar-refractivity contribution in [2.24, 2.45) is 0 Å². The van der Waals surface area contributed by atoms with Gasteiger partial charge in [-0.15, -0.1) is 22.0 Å². The molecule has 0 aliphatic carbocycles. The van der Waals surface area contributed by atoms with Crippen LogP contribution >= 0.6 is 11.8 Å². The van der Waals surface area contributed by atoms with Crippen molar-refractivity contribution < 1.29 is 4.79 Å². The normalized spacial score (nSPS) is 17.1. The van der Waals surface area contributed by atoms with E-state index >= 15 is 0 Å². The van der Waals surface area contributed by atoms with E-state index in [1.54, 1.807) is 11.8 Å². The maximum absolute atomic E-state index is 12.9. The number of pyridine rings is 1. The summed E-state index contributed by atoms with van der Waals surface area (Å²) in [6.07, 6.45) is 4.04. The first-order chi connectivity index (χ1) is 14.3. The van der Waals surface area contributed by atoms with Crippen molar-refractivity contribution in [2.45, 2.75) is 23.7 Å². The average molecular weight is 403 g/mol. The molecule has 0 N–H and O–H groups in total. The van der Waals surface area contributed by atoms with Gasteiger partial charge in [0.05, 0.1) is 5.75 Å². The number of aromatic nitrogens is 3. The molecule has 1 aliphatic rings. The fourth-order valence-electron chi connectivity index (χ4n) is 4.05. The number of carbonyl (C=O) groups is 1. The van der Waals surface area contributed by atoms with Crippen molar-refractivity contribution in [1.82, 2.24) is 19.5 Å². The quantitative estimate of drug-likeness (QED) is 0.475. The highest BCUT2D eigenvalue weighted by Crippen LogP contribution is 2.28. The second kappa shape index (κ2) is 7.87. The maximum Gasteiger partial charge on any atom is 0.232 e. The van der Waals surface area contributed by atoms with Crippen molar-refractivity contribution in [3.8, 4) is 0 Å². The number of benzene rings is 2. The smallest absolute Gasteiger partial charge is 0.232 e. The van der Waals surface area contributed by atoms with Crippen LogP contribution < -0.4 is 0 Å². The molecule has 0 saturated carbocycles. The standard InChI is InChI=1S/C23H22N4OS/c28-22(16-29-20-11-10-17-6-1-2-7-18(17)14-20)26-12-5-8-19(15-26)23-25-24-21-9-3-4-13-27(21)23/h1-4,6-7,9-11,13-14,19H,5,8,12,15-16H2/t19-/m1/s1. The third kappa shape index (κ3) is 3.72. The summed E-state index contributed by atoms with van der Waals surface area (Å²) < 4.78 is 2.04. The number of carbonyl (C=O) groups excluding carboxylic acids is 1. The molecule has 1 aliphatic heterocycles. The molecule has 0 radical (unpaired) electrons. The Labute approximate surface area is 173 Å². The van der Waals surface area contributed by atoms with E-state index in [4.69, 9.17) is 0 Å². The minimum absolute atomic E-state index is 0.196. The van der Waals surface area contributed by atoms with Crippen LogP contribution in [-0.4, -0.2) is 44.2 Å². The van der Waals surface area contributed by atoms with Gasteiger partial charge in [0.15, 0.2) is 5.65 Å². The lowest BCUT2D eigenvalue weighted by Crippen LogP contribution is -2.40. The summed E-state index contributed by atoms with van der Waals surface area (Å²) in [4.78, 5) is 16.0. The summed E-state index contributed by atoms with van der Waals surface area (Å²) in [6.45, 7) is 1.54. The molecule has 2 aromatic heterocycles. The highest BCUT2D eigenvalue weighted by molar-refractivity contribution is 8.00. The minimum Gasteiger partial charge on any atom is -0.341 e. The molecule has 1 amide bonds. The van der Waals surface area contributed by atoms with Gasteiger partial charge in [-0.05, 0) is 47.9 Å². The Morgan fingerprint density at radius 1 is 1.03 bits per heavy atom. The predicted molar refractivity (Wildman–Crippen MR) is 116 cm³/mol. The molecule has 29 heavy (non-hydrogen) atoms. The number of piperidine rings is 1. The SMILES string of the molecule is O=C(CSc1ccc2ccccc2c1)N1CCC[C@@H](c2nnc3ccccn23)C1. The Morgan fingerprint density at radius 2 is 1.90 bits per heavy atom.